The van der Waals surface area contributed by atoms with Crippen LogP contribution in [0.5, 0.6) is 0 Å². The molecule has 0 saturated carbocycles. The summed E-state index contributed by atoms with van der Waals surface area (Å²) in [5, 5.41) is 8.35. The first kappa shape index (κ1) is 17.1. The summed E-state index contributed by atoms with van der Waals surface area (Å²) in [4.78, 5) is 12.3. The van der Waals surface area contributed by atoms with Gasteiger partial charge in [0, 0.05) is 23.7 Å². The molecular formula is C22H21N3O2. The number of hydrogen-bond donors (Lipinski definition) is 1. The van der Waals surface area contributed by atoms with Crippen molar-refractivity contribution in [2.45, 2.75) is 19.8 Å². The van der Waals surface area contributed by atoms with Crippen molar-refractivity contribution in [1.82, 2.24) is 15.1 Å². The van der Waals surface area contributed by atoms with Gasteiger partial charge in [-0.15, -0.1) is 0 Å². The molecule has 136 valence electrons. The smallest absolute Gasteiger partial charge is 0.224 e. The van der Waals surface area contributed by atoms with E-state index >= 15 is 0 Å². The average molecular weight is 359 g/mol. The van der Waals surface area contributed by atoms with Crippen LogP contribution in [0.1, 0.15) is 16.7 Å². The van der Waals surface area contributed by atoms with Crippen molar-refractivity contribution in [3.8, 4) is 5.69 Å². The highest BCUT2D eigenvalue weighted by Gasteiger charge is 2.10. The Morgan fingerprint density at radius 2 is 2.04 bits per heavy atom. The quantitative estimate of drug-likeness (QED) is 0.569. The molecule has 1 N–H and O–H groups in total. The monoisotopic (exact) mass is 359 g/mol. The molecule has 0 unspecified atom stereocenters. The standard InChI is InChI=1S/C22H21N3O2/c1-16-7-8-20-18(15-27-21(20)11-16)12-22(26)23-10-9-17-13-24-25(14-17)19-5-3-2-4-6-19/h2-8,11,13-15H,9-10,12H2,1H3,(H,23,26). The summed E-state index contributed by atoms with van der Waals surface area (Å²) < 4.78 is 7.40. The zero-order valence-corrected chi connectivity index (χ0v) is 15.2. The van der Waals surface area contributed by atoms with Crippen LogP contribution < -0.4 is 5.32 Å². The molecule has 2 aromatic heterocycles. The van der Waals surface area contributed by atoms with E-state index in [1.54, 1.807) is 6.26 Å². The van der Waals surface area contributed by atoms with Gasteiger partial charge in [0.1, 0.15) is 5.58 Å². The largest absolute Gasteiger partial charge is 0.464 e. The van der Waals surface area contributed by atoms with Crippen LogP contribution in [0.15, 0.2) is 71.6 Å². The van der Waals surface area contributed by atoms with Crippen molar-refractivity contribution >= 4 is 16.9 Å². The number of aromatic nitrogens is 2. The number of benzene rings is 2. The molecule has 2 heterocycles. The summed E-state index contributed by atoms with van der Waals surface area (Å²) in [7, 11) is 0. The molecule has 0 atom stereocenters. The van der Waals surface area contributed by atoms with Crippen LogP contribution in [0.25, 0.3) is 16.7 Å². The Morgan fingerprint density at radius 1 is 1.19 bits per heavy atom. The predicted octanol–water partition coefficient (Wildman–Crippen LogP) is 3.83. The Balaban J connectivity index is 1.31. The number of nitrogens with zero attached hydrogens (tertiary/aromatic N) is 2. The first-order chi connectivity index (χ1) is 13.2. The van der Waals surface area contributed by atoms with Gasteiger partial charge in [-0.05, 0) is 42.7 Å². The van der Waals surface area contributed by atoms with Crippen molar-refractivity contribution in [2.75, 3.05) is 6.54 Å². The molecule has 0 aliphatic rings. The first-order valence-corrected chi connectivity index (χ1v) is 9.01. The fraction of sp³-hybridized carbons (Fsp3) is 0.182. The van der Waals surface area contributed by atoms with Gasteiger partial charge >= 0.3 is 0 Å². The minimum absolute atomic E-state index is 0.00581. The Hall–Kier alpha value is -3.34. The van der Waals surface area contributed by atoms with E-state index < -0.39 is 0 Å². The number of para-hydroxylation sites is 1. The Labute approximate surface area is 157 Å². The summed E-state index contributed by atoms with van der Waals surface area (Å²) >= 11 is 0. The highest BCUT2D eigenvalue weighted by molar-refractivity contribution is 5.87. The molecule has 4 aromatic rings. The highest BCUT2D eigenvalue weighted by Crippen LogP contribution is 2.22. The molecule has 27 heavy (non-hydrogen) atoms. The molecule has 4 rings (SSSR count). The van der Waals surface area contributed by atoms with E-state index in [-0.39, 0.29) is 5.91 Å². The minimum Gasteiger partial charge on any atom is -0.464 e. The lowest BCUT2D eigenvalue weighted by Crippen LogP contribution is -2.27. The van der Waals surface area contributed by atoms with Gasteiger partial charge in [0.15, 0.2) is 0 Å². The number of carbonyl (C=O) groups excluding carboxylic acids is 1. The zero-order valence-electron chi connectivity index (χ0n) is 15.2. The fourth-order valence-electron chi connectivity index (χ4n) is 3.12. The molecule has 0 aliphatic heterocycles. The Bertz CT molecular complexity index is 1060. The zero-order chi connectivity index (χ0) is 18.6. The second-order valence-electron chi connectivity index (χ2n) is 6.67. The van der Waals surface area contributed by atoms with Crippen molar-refractivity contribution < 1.29 is 9.21 Å². The lowest BCUT2D eigenvalue weighted by molar-refractivity contribution is -0.120. The molecule has 5 nitrogen and oxygen atoms in total. The van der Waals surface area contributed by atoms with E-state index in [0.29, 0.717) is 13.0 Å². The molecule has 0 spiro atoms. The summed E-state index contributed by atoms with van der Waals surface area (Å²) in [5.41, 5.74) is 4.99. The maximum absolute atomic E-state index is 12.3. The van der Waals surface area contributed by atoms with Crippen molar-refractivity contribution in [3.63, 3.8) is 0 Å². The van der Waals surface area contributed by atoms with Gasteiger partial charge in [-0.1, -0.05) is 30.3 Å². The summed E-state index contributed by atoms with van der Waals surface area (Å²) in [5.74, 6) is -0.00581. The minimum atomic E-state index is -0.00581. The van der Waals surface area contributed by atoms with Crippen molar-refractivity contribution in [3.05, 3.63) is 83.9 Å². The summed E-state index contributed by atoms with van der Waals surface area (Å²) in [6, 6.07) is 16.0. The maximum atomic E-state index is 12.3. The third kappa shape index (κ3) is 3.92. The second-order valence-corrected chi connectivity index (χ2v) is 6.67. The Morgan fingerprint density at radius 3 is 2.89 bits per heavy atom. The van der Waals surface area contributed by atoms with Gasteiger partial charge in [0.05, 0.1) is 24.6 Å². The molecule has 0 aliphatic carbocycles. The molecule has 0 radical (unpaired) electrons. The van der Waals surface area contributed by atoms with E-state index in [1.807, 2.05) is 72.5 Å². The number of fused-ring (bicyclic) bond motifs is 1. The number of nitrogens with one attached hydrogen (secondary N) is 1. The SMILES string of the molecule is Cc1ccc2c(CC(=O)NCCc3cnn(-c4ccccc4)c3)coc2c1. The predicted molar refractivity (Wildman–Crippen MR) is 105 cm³/mol. The number of carbonyl (C=O) groups is 1. The van der Waals surface area contributed by atoms with Gasteiger partial charge < -0.3 is 9.73 Å². The van der Waals surface area contributed by atoms with Crippen molar-refractivity contribution in [1.29, 1.82) is 0 Å². The molecule has 0 saturated heterocycles. The van der Waals surface area contributed by atoms with Crippen LogP contribution in [0.4, 0.5) is 0 Å². The van der Waals surface area contributed by atoms with E-state index in [1.165, 1.54) is 0 Å². The molecule has 5 heteroatoms. The third-order valence-electron chi connectivity index (χ3n) is 4.55. The van der Waals surface area contributed by atoms with E-state index in [0.717, 1.165) is 39.8 Å². The van der Waals surface area contributed by atoms with Crippen LogP contribution in [0.3, 0.4) is 0 Å². The number of rotatable bonds is 6. The van der Waals surface area contributed by atoms with Gasteiger partial charge in [-0.2, -0.15) is 5.10 Å². The van der Waals surface area contributed by atoms with Gasteiger partial charge in [-0.25, -0.2) is 4.68 Å². The van der Waals surface area contributed by atoms with Crippen molar-refractivity contribution in [2.24, 2.45) is 0 Å². The second kappa shape index (κ2) is 7.50. The first-order valence-electron chi connectivity index (χ1n) is 9.01. The normalized spacial score (nSPS) is 11.0. The third-order valence-corrected chi connectivity index (χ3v) is 4.55. The van der Waals surface area contributed by atoms with Gasteiger partial charge in [0.25, 0.3) is 0 Å². The number of hydrogen-bond acceptors (Lipinski definition) is 3. The summed E-state index contributed by atoms with van der Waals surface area (Å²) in [6.07, 6.45) is 6.56. The number of aryl methyl sites for hydroxylation is 1. The topological polar surface area (TPSA) is 60.1 Å². The fourth-order valence-corrected chi connectivity index (χ4v) is 3.12. The Kier molecular flexibility index (Phi) is 4.75. The molecular weight excluding hydrogens is 338 g/mol. The number of furan rings is 1. The van der Waals surface area contributed by atoms with Crippen LogP contribution in [0.2, 0.25) is 0 Å². The lowest BCUT2D eigenvalue weighted by atomic mass is 10.1. The van der Waals surface area contributed by atoms with Gasteiger partial charge in [0.2, 0.25) is 5.91 Å². The van der Waals surface area contributed by atoms with Crippen LogP contribution >= 0.6 is 0 Å². The van der Waals surface area contributed by atoms with E-state index in [4.69, 9.17) is 4.42 Å². The molecule has 0 bridgehead atoms. The van der Waals surface area contributed by atoms with E-state index in [9.17, 15) is 4.79 Å². The molecule has 1 amide bonds. The lowest BCUT2D eigenvalue weighted by Gasteiger charge is -2.03. The van der Waals surface area contributed by atoms with Gasteiger partial charge in [-0.3, -0.25) is 4.79 Å². The maximum Gasteiger partial charge on any atom is 0.224 e. The highest BCUT2D eigenvalue weighted by atomic mass is 16.3. The van der Waals surface area contributed by atoms with Crippen LogP contribution in [-0.4, -0.2) is 22.2 Å². The van der Waals surface area contributed by atoms with E-state index in [2.05, 4.69) is 10.4 Å². The molecule has 0 fully saturated rings. The number of amides is 1. The average Bonchev–Trinajstić information content (AvgIpc) is 3.30. The summed E-state index contributed by atoms with van der Waals surface area (Å²) in [6.45, 7) is 2.60. The van der Waals surface area contributed by atoms with Crippen LogP contribution in [-0.2, 0) is 17.6 Å². The molecule has 2 aromatic carbocycles. The van der Waals surface area contributed by atoms with Crippen LogP contribution in [0, 0.1) is 6.92 Å².